The molecule has 0 saturated carbocycles. The fraction of sp³-hybridized carbons (Fsp3) is 0.714. The molecule has 0 aliphatic heterocycles. The fourth-order valence-corrected chi connectivity index (χ4v) is 0.495. The van der Waals surface area contributed by atoms with Crippen LogP contribution in [0.1, 0.15) is 20.3 Å². The highest BCUT2D eigenvalue weighted by Gasteiger charge is 2.29. The van der Waals surface area contributed by atoms with E-state index in [4.69, 9.17) is 15.5 Å². The highest BCUT2D eigenvalue weighted by molar-refractivity contribution is 5.67. The normalized spacial score (nSPS) is 13.6. The second-order valence-electron chi connectivity index (χ2n) is 2.95. The highest BCUT2D eigenvalue weighted by atomic mass is 16.4. The molecule has 0 bridgehead atoms. The monoisotopic (exact) mass is 157 g/mol. The standard InChI is InChI=1S/C7H11NO3/c1-7(2,4-8)5(9)3-6(10)11/h5,9H,3H2,1-2H3,(H,10,11). The summed E-state index contributed by atoms with van der Waals surface area (Å²) in [4.78, 5) is 10.1. The second-order valence-corrected chi connectivity index (χ2v) is 2.95. The van der Waals surface area contributed by atoms with E-state index in [9.17, 15) is 4.79 Å². The maximum Gasteiger partial charge on any atom is 0.306 e. The van der Waals surface area contributed by atoms with Crippen molar-refractivity contribution in [2.45, 2.75) is 26.4 Å². The quantitative estimate of drug-likeness (QED) is 0.620. The molecule has 4 heteroatoms. The van der Waals surface area contributed by atoms with Gasteiger partial charge in [-0.1, -0.05) is 0 Å². The molecule has 0 spiro atoms. The molecule has 0 aliphatic rings. The van der Waals surface area contributed by atoms with Crippen LogP contribution in [0.5, 0.6) is 0 Å². The summed E-state index contributed by atoms with van der Waals surface area (Å²) in [5, 5.41) is 25.9. The molecular weight excluding hydrogens is 146 g/mol. The van der Waals surface area contributed by atoms with Crippen molar-refractivity contribution in [3.8, 4) is 6.07 Å². The van der Waals surface area contributed by atoms with Crippen molar-refractivity contribution < 1.29 is 15.0 Å². The van der Waals surface area contributed by atoms with Gasteiger partial charge in [0.1, 0.15) is 0 Å². The lowest BCUT2D eigenvalue weighted by Gasteiger charge is -2.20. The predicted molar refractivity (Wildman–Crippen MR) is 37.7 cm³/mol. The van der Waals surface area contributed by atoms with E-state index >= 15 is 0 Å². The van der Waals surface area contributed by atoms with E-state index in [1.807, 2.05) is 6.07 Å². The van der Waals surface area contributed by atoms with Crippen LogP contribution in [0.4, 0.5) is 0 Å². The fourth-order valence-electron chi connectivity index (χ4n) is 0.495. The topological polar surface area (TPSA) is 81.3 Å². The molecule has 0 amide bonds. The number of carboxylic acids is 1. The number of carboxylic acid groups (broad SMARTS) is 1. The summed E-state index contributed by atoms with van der Waals surface area (Å²) >= 11 is 0. The zero-order valence-corrected chi connectivity index (χ0v) is 6.53. The Morgan fingerprint density at radius 3 is 2.45 bits per heavy atom. The lowest BCUT2D eigenvalue weighted by atomic mass is 9.87. The number of hydrogen-bond donors (Lipinski definition) is 2. The van der Waals surface area contributed by atoms with Gasteiger partial charge in [-0.15, -0.1) is 0 Å². The number of aliphatic hydroxyl groups is 1. The van der Waals surface area contributed by atoms with Crippen LogP contribution in [-0.4, -0.2) is 22.3 Å². The van der Waals surface area contributed by atoms with E-state index < -0.39 is 17.5 Å². The van der Waals surface area contributed by atoms with Gasteiger partial charge < -0.3 is 10.2 Å². The van der Waals surface area contributed by atoms with E-state index in [2.05, 4.69) is 0 Å². The van der Waals surface area contributed by atoms with Crippen molar-refractivity contribution in [2.75, 3.05) is 0 Å². The average Bonchev–Trinajstić information content (AvgIpc) is 1.86. The molecule has 1 unspecified atom stereocenters. The van der Waals surface area contributed by atoms with Crippen LogP contribution in [0.25, 0.3) is 0 Å². The summed E-state index contributed by atoms with van der Waals surface area (Å²) in [6.45, 7) is 3.00. The molecule has 0 radical (unpaired) electrons. The Hall–Kier alpha value is -1.08. The van der Waals surface area contributed by atoms with Crippen molar-refractivity contribution in [1.82, 2.24) is 0 Å². The number of aliphatic hydroxyl groups excluding tert-OH is 1. The van der Waals surface area contributed by atoms with Gasteiger partial charge in [-0.05, 0) is 13.8 Å². The van der Waals surface area contributed by atoms with Crippen LogP contribution < -0.4 is 0 Å². The van der Waals surface area contributed by atoms with Crippen molar-refractivity contribution >= 4 is 5.97 Å². The molecule has 0 heterocycles. The maximum atomic E-state index is 10.1. The van der Waals surface area contributed by atoms with Gasteiger partial charge in [-0.2, -0.15) is 5.26 Å². The van der Waals surface area contributed by atoms with Crippen LogP contribution in [0.15, 0.2) is 0 Å². The van der Waals surface area contributed by atoms with Crippen LogP contribution >= 0.6 is 0 Å². The van der Waals surface area contributed by atoms with Gasteiger partial charge in [0.05, 0.1) is 24.0 Å². The second kappa shape index (κ2) is 3.35. The number of carbonyl (C=O) groups is 1. The number of rotatable bonds is 3. The molecule has 0 aromatic heterocycles. The lowest BCUT2D eigenvalue weighted by Crippen LogP contribution is -2.29. The summed E-state index contributed by atoms with van der Waals surface area (Å²) in [5.41, 5.74) is -0.988. The number of nitrogens with zero attached hydrogens (tertiary/aromatic N) is 1. The molecule has 0 rings (SSSR count). The van der Waals surface area contributed by atoms with E-state index in [1.54, 1.807) is 0 Å². The summed E-state index contributed by atoms with van der Waals surface area (Å²) in [6, 6.07) is 1.83. The SMILES string of the molecule is CC(C)(C#N)C(O)CC(=O)O. The Morgan fingerprint density at radius 2 is 2.18 bits per heavy atom. The minimum Gasteiger partial charge on any atom is -0.481 e. The Bertz CT molecular complexity index is 192. The third kappa shape index (κ3) is 3.01. The molecule has 0 aliphatic carbocycles. The first-order valence-electron chi connectivity index (χ1n) is 3.21. The summed E-state index contributed by atoms with van der Waals surface area (Å²) in [5.74, 6) is -1.10. The summed E-state index contributed by atoms with van der Waals surface area (Å²) in [7, 11) is 0. The van der Waals surface area contributed by atoms with Gasteiger partial charge in [0.25, 0.3) is 0 Å². The van der Waals surface area contributed by atoms with Gasteiger partial charge in [0.2, 0.25) is 0 Å². The smallest absolute Gasteiger partial charge is 0.306 e. The molecule has 1 atom stereocenters. The van der Waals surface area contributed by atoms with E-state index in [0.717, 1.165) is 0 Å². The van der Waals surface area contributed by atoms with Crippen molar-refractivity contribution in [3.05, 3.63) is 0 Å². The summed E-state index contributed by atoms with van der Waals surface area (Å²) < 4.78 is 0. The first kappa shape index (κ1) is 9.92. The zero-order chi connectivity index (χ0) is 9.07. The Balaban J connectivity index is 4.15. The number of hydrogen-bond acceptors (Lipinski definition) is 3. The third-order valence-electron chi connectivity index (χ3n) is 1.49. The Kier molecular flexibility index (Phi) is 3.02. The highest BCUT2D eigenvalue weighted by Crippen LogP contribution is 2.21. The number of aliphatic carboxylic acids is 1. The minimum atomic E-state index is -1.11. The zero-order valence-electron chi connectivity index (χ0n) is 6.53. The Labute approximate surface area is 65.1 Å². The van der Waals surface area contributed by atoms with Crippen LogP contribution in [0.2, 0.25) is 0 Å². The summed E-state index contributed by atoms with van der Waals surface area (Å²) in [6.07, 6.45) is -1.49. The van der Waals surface area contributed by atoms with E-state index in [-0.39, 0.29) is 6.42 Å². The van der Waals surface area contributed by atoms with Gasteiger partial charge in [0.15, 0.2) is 0 Å². The largest absolute Gasteiger partial charge is 0.481 e. The first-order valence-corrected chi connectivity index (χ1v) is 3.21. The van der Waals surface area contributed by atoms with E-state index in [0.29, 0.717) is 0 Å². The molecule has 0 saturated heterocycles. The van der Waals surface area contributed by atoms with E-state index in [1.165, 1.54) is 13.8 Å². The minimum absolute atomic E-state index is 0.388. The number of nitriles is 1. The molecule has 2 N–H and O–H groups in total. The molecule has 62 valence electrons. The third-order valence-corrected chi connectivity index (χ3v) is 1.49. The molecule has 0 aromatic rings. The maximum absolute atomic E-state index is 10.1. The van der Waals surface area contributed by atoms with Crippen LogP contribution in [0.3, 0.4) is 0 Å². The molecule has 4 nitrogen and oxygen atoms in total. The predicted octanol–water partition coefficient (Wildman–Crippen LogP) is 0.372. The lowest BCUT2D eigenvalue weighted by molar-refractivity contribution is -0.140. The average molecular weight is 157 g/mol. The molecule has 0 aromatic carbocycles. The van der Waals surface area contributed by atoms with Crippen LogP contribution in [-0.2, 0) is 4.79 Å². The Morgan fingerprint density at radius 1 is 1.73 bits per heavy atom. The van der Waals surface area contributed by atoms with Gasteiger partial charge in [-0.3, -0.25) is 4.79 Å². The van der Waals surface area contributed by atoms with Crippen molar-refractivity contribution in [3.63, 3.8) is 0 Å². The molecular formula is C7H11NO3. The van der Waals surface area contributed by atoms with Gasteiger partial charge in [0, 0.05) is 0 Å². The van der Waals surface area contributed by atoms with Crippen molar-refractivity contribution in [1.29, 1.82) is 5.26 Å². The molecule has 11 heavy (non-hydrogen) atoms. The van der Waals surface area contributed by atoms with Crippen LogP contribution in [0, 0.1) is 16.7 Å². The molecule has 0 fully saturated rings. The first-order chi connectivity index (χ1) is 4.90. The van der Waals surface area contributed by atoms with Gasteiger partial charge >= 0.3 is 5.97 Å². The van der Waals surface area contributed by atoms with Gasteiger partial charge in [-0.25, -0.2) is 0 Å². The van der Waals surface area contributed by atoms with Crippen molar-refractivity contribution in [2.24, 2.45) is 5.41 Å².